The first kappa shape index (κ1) is 19.7. The molecule has 8 nitrogen and oxygen atoms in total. The maximum Gasteiger partial charge on any atom is 0.264 e. The third kappa shape index (κ3) is 7.16. The summed E-state index contributed by atoms with van der Waals surface area (Å²) in [6.45, 7) is -0.520. The van der Waals surface area contributed by atoms with Gasteiger partial charge in [0, 0.05) is 5.92 Å². The zero-order chi connectivity index (χ0) is 17.7. The summed E-state index contributed by atoms with van der Waals surface area (Å²) in [4.78, 5) is 0. The summed E-state index contributed by atoms with van der Waals surface area (Å²) in [7, 11) is -4.41. The Morgan fingerprint density at radius 1 is 0.870 bits per heavy atom. The lowest BCUT2D eigenvalue weighted by atomic mass is 10.0. The van der Waals surface area contributed by atoms with E-state index < -0.39 is 26.2 Å². The molecule has 1 aromatic carbocycles. The SMILES string of the molecule is COc1ccc(C(COS(C)(=O)=O)COS(C)(=O)=O)cc1OC. The van der Waals surface area contributed by atoms with Crippen molar-refractivity contribution >= 4 is 20.2 Å². The Bertz CT molecular complexity index is 688. The molecule has 0 atom stereocenters. The van der Waals surface area contributed by atoms with Crippen LogP contribution in [-0.4, -0.2) is 56.8 Å². The third-order valence-electron chi connectivity index (χ3n) is 2.85. The zero-order valence-corrected chi connectivity index (χ0v) is 14.9. The van der Waals surface area contributed by atoms with Crippen molar-refractivity contribution in [2.75, 3.05) is 39.9 Å². The Morgan fingerprint density at radius 2 is 1.35 bits per heavy atom. The lowest BCUT2D eigenvalue weighted by Gasteiger charge is -2.18. The van der Waals surface area contributed by atoms with Crippen LogP contribution in [0.15, 0.2) is 18.2 Å². The van der Waals surface area contributed by atoms with Crippen molar-refractivity contribution in [1.29, 1.82) is 0 Å². The fourth-order valence-electron chi connectivity index (χ4n) is 1.76. The predicted octanol–water partition coefficient (Wildman–Crippen LogP) is 0.740. The van der Waals surface area contributed by atoms with Crippen molar-refractivity contribution in [3.8, 4) is 11.5 Å². The first-order valence-electron chi connectivity index (χ1n) is 6.46. The molecule has 0 spiro atoms. The molecule has 0 N–H and O–H groups in total. The molecule has 0 unspecified atom stereocenters. The van der Waals surface area contributed by atoms with Crippen LogP contribution >= 0.6 is 0 Å². The van der Waals surface area contributed by atoms with Crippen molar-refractivity contribution in [2.24, 2.45) is 0 Å². The summed E-state index contributed by atoms with van der Waals surface area (Å²) in [5.74, 6) is 0.288. The lowest BCUT2D eigenvalue weighted by Crippen LogP contribution is -2.19. The van der Waals surface area contributed by atoms with Crippen LogP contribution in [0.3, 0.4) is 0 Å². The second kappa shape index (κ2) is 7.95. The van der Waals surface area contributed by atoms with Crippen molar-refractivity contribution < 1.29 is 34.7 Å². The van der Waals surface area contributed by atoms with E-state index in [4.69, 9.17) is 17.8 Å². The van der Waals surface area contributed by atoms with Crippen LogP contribution in [0, 0.1) is 0 Å². The smallest absolute Gasteiger partial charge is 0.264 e. The van der Waals surface area contributed by atoms with Gasteiger partial charge in [-0.1, -0.05) is 6.07 Å². The molecule has 23 heavy (non-hydrogen) atoms. The Labute approximate surface area is 136 Å². The normalized spacial score (nSPS) is 12.4. The highest BCUT2D eigenvalue weighted by Gasteiger charge is 2.19. The van der Waals surface area contributed by atoms with Crippen molar-refractivity contribution in [3.63, 3.8) is 0 Å². The standard InChI is InChI=1S/C13H20O8S2/c1-18-12-6-5-10(7-13(12)19-2)11(8-20-22(3,14)15)9-21-23(4,16)17/h5-7,11H,8-9H2,1-4H3. The summed E-state index contributed by atoms with van der Waals surface area (Å²) in [5.41, 5.74) is 0.593. The van der Waals surface area contributed by atoms with Crippen molar-refractivity contribution in [3.05, 3.63) is 23.8 Å². The van der Waals surface area contributed by atoms with Crippen molar-refractivity contribution in [2.45, 2.75) is 5.92 Å². The van der Waals surface area contributed by atoms with E-state index in [0.717, 1.165) is 12.5 Å². The van der Waals surface area contributed by atoms with Crippen LogP contribution in [0.2, 0.25) is 0 Å². The van der Waals surface area contributed by atoms with E-state index >= 15 is 0 Å². The van der Waals surface area contributed by atoms with Crippen LogP contribution in [0.4, 0.5) is 0 Å². The number of hydrogen-bond acceptors (Lipinski definition) is 8. The Hall–Kier alpha value is -1.36. The van der Waals surface area contributed by atoms with Gasteiger partial charge >= 0.3 is 0 Å². The monoisotopic (exact) mass is 368 g/mol. The molecule has 0 aliphatic heterocycles. The minimum atomic E-state index is -3.67. The average Bonchev–Trinajstić information content (AvgIpc) is 2.44. The molecule has 0 saturated heterocycles. The van der Waals surface area contributed by atoms with Crippen LogP contribution < -0.4 is 9.47 Å². The molecule has 0 amide bonds. The Balaban J connectivity index is 3.06. The predicted molar refractivity (Wildman–Crippen MR) is 83.9 cm³/mol. The number of hydrogen-bond donors (Lipinski definition) is 0. The van der Waals surface area contributed by atoms with Crippen LogP contribution in [-0.2, 0) is 28.6 Å². The van der Waals surface area contributed by atoms with E-state index in [1.165, 1.54) is 14.2 Å². The molecule has 0 bridgehead atoms. The molecule has 1 aromatic rings. The highest BCUT2D eigenvalue weighted by molar-refractivity contribution is 7.86. The Kier molecular flexibility index (Phi) is 6.81. The highest BCUT2D eigenvalue weighted by atomic mass is 32.2. The van der Waals surface area contributed by atoms with Crippen LogP contribution in [0.5, 0.6) is 11.5 Å². The summed E-state index contributed by atoms with van der Waals surface area (Å²) in [5, 5.41) is 0. The summed E-state index contributed by atoms with van der Waals surface area (Å²) < 4.78 is 64.5. The van der Waals surface area contributed by atoms with Gasteiger partial charge in [0.2, 0.25) is 0 Å². The van der Waals surface area contributed by atoms with Gasteiger partial charge in [-0.2, -0.15) is 16.8 Å². The van der Waals surface area contributed by atoms with E-state index in [2.05, 4.69) is 0 Å². The average molecular weight is 368 g/mol. The number of rotatable bonds is 9. The van der Waals surface area contributed by atoms with Gasteiger partial charge in [-0.15, -0.1) is 0 Å². The van der Waals surface area contributed by atoms with E-state index in [0.29, 0.717) is 17.1 Å². The second-order valence-electron chi connectivity index (χ2n) is 4.79. The van der Waals surface area contributed by atoms with E-state index in [1.54, 1.807) is 18.2 Å². The van der Waals surface area contributed by atoms with Gasteiger partial charge in [0.05, 0.1) is 39.9 Å². The molecule has 0 saturated carbocycles. The molecule has 10 heteroatoms. The minimum Gasteiger partial charge on any atom is -0.493 e. The molecule has 0 aromatic heterocycles. The fraction of sp³-hybridized carbons (Fsp3) is 0.538. The maximum absolute atomic E-state index is 11.2. The molecule has 132 valence electrons. The fourth-order valence-corrected chi connectivity index (χ4v) is 2.58. The molecular formula is C13H20O8S2. The Morgan fingerprint density at radius 3 is 1.74 bits per heavy atom. The van der Waals surface area contributed by atoms with Gasteiger partial charge in [-0.3, -0.25) is 8.37 Å². The minimum absolute atomic E-state index is 0.260. The van der Waals surface area contributed by atoms with Crippen LogP contribution in [0.1, 0.15) is 11.5 Å². The maximum atomic E-state index is 11.2. The highest BCUT2D eigenvalue weighted by Crippen LogP contribution is 2.31. The van der Waals surface area contributed by atoms with Gasteiger partial charge in [0.1, 0.15) is 0 Å². The summed E-state index contributed by atoms with van der Waals surface area (Å²) >= 11 is 0. The quantitative estimate of drug-likeness (QED) is 0.588. The number of ether oxygens (including phenoxy) is 2. The lowest BCUT2D eigenvalue weighted by molar-refractivity contribution is 0.228. The zero-order valence-electron chi connectivity index (χ0n) is 13.3. The molecular weight excluding hydrogens is 348 g/mol. The topological polar surface area (TPSA) is 105 Å². The van der Waals surface area contributed by atoms with Gasteiger partial charge in [-0.05, 0) is 17.7 Å². The molecule has 0 radical (unpaired) electrons. The molecule has 1 rings (SSSR count). The summed E-state index contributed by atoms with van der Waals surface area (Å²) in [6, 6.07) is 4.89. The van der Waals surface area contributed by atoms with E-state index in [-0.39, 0.29) is 13.2 Å². The largest absolute Gasteiger partial charge is 0.493 e. The molecule has 0 aliphatic rings. The summed E-state index contributed by atoms with van der Waals surface area (Å²) in [6.07, 6.45) is 1.83. The second-order valence-corrected chi connectivity index (χ2v) is 8.08. The van der Waals surface area contributed by atoms with Crippen LogP contribution in [0.25, 0.3) is 0 Å². The first-order valence-corrected chi connectivity index (χ1v) is 10.1. The third-order valence-corrected chi connectivity index (χ3v) is 3.97. The molecule has 0 heterocycles. The van der Waals surface area contributed by atoms with Gasteiger partial charge in [0.25, 0.3) is 20.2 Å². The van der Waals surface area contributed by atoms with Gasteiger partial charge in [0.15, 0.2) is 11.5 Å². The van der Waals surface area contributed by atoms with E-state index in [9.17, 15) is 16.8 Å². The number of methoxy groups -OCH3 is 2. The number of benzene rings is 1. The molecule has 0 aliphatic carbocycles. The first-order chi connectivity index (χ1) is 10.6. The van der Waals surface area contributed by atoms with Gasteiger partial charge in [-0.25, -0.2) is 0 Å². The van der Waals surface area contributed by atoms with E-state index in [1.807, 2.05) is 0 Å². The van der Waals surface area contributed by atoms with Crippen molar-refractivity contribution in [1.82, 2.24) is 0 Å². The van der Waals surface area contributed by atoms with Gasteiger partial charge < -0.3 is 9.47 Å². The molecule has 0 fully saturated rings.